The number of methoxy groups -OCH3 is 1. The number of fused-ring (bicyclic) bond motifs is 2. The third-order valence-electron chi connectivity index (χ3n) is 6.48. The van der Waals surface area contributed by atoms with Gasteiger partial charge < -0.3 is 19.4 Å². The molecule has 5 aromatic heterocycles. The lowest BCUT2D eigenvalue weighted by Crippen LogP contribution is -2.19. The Morgan fingerprint density at radius 2 is 1.74 bits per heavy atom. The van der Waals surface area contributed by atoms with Crippen molar-refractivity contribution < 1.29 is 13.9 Å². The standard InChI is InChI=1S/C29H26FN7O2/c1-37(2)6-7-39-22-10-18(14-31-16-22)19-11-25-27(35-36-29(25)33-15-19)26-13-24-23(4-5-32-28(24)34-26)17-8-20(30)12-21(9-17)38-3/h4-5,8-16H,6-7H2,1-3H3,(H,32,34)(H,33,35,36). The van der Waals surface area contributed by atoms with Gasteiger partial charge in [0.05, 0.1) is 24.7 Å². The van der Waals surface area contributed by atoms with Crippen LogP contribution in [0, 0.1) is 5.82 Å². The molecule has 0 aliphatic rings. The quantitative estimate of drug-likeness (QED) is 0.278. The number of H-pyrrole nitrogens is 2. The average Bonchev–Trinajstić information content (AvgIpc) is 3.56. The predicted molar refractivity (Wildman–Crippen MR) is 148 cm³/mol. The highest BCUT2D eigenvalue weighted by Crippen LogP contribution is 2.35. The third kappa shape index (κ3) is 4.89. The molecule has 0 spiro atoms. The largest absolute Gasteiger partial charge is 0.497 e. The summed E-state index contributed by atoms with van der Waals surface area (Å²) in [7, 11) is 5.53. The van der Waals surface area contributed by atoms with Gasteiger partial charge in [0.25, 0.3) is 0 Å². The first-order chi connectivity index (χ1) is 19.0. The molecule has 0 bridgehead atoms. The molecule has 0 aliphatic heterocycles. The highest BCUT2D eigenvalue weighted by Gasteiger charge is 2.16. The van der Waals surface area contributed by atoms with Crippen molar-refractivity contribution in [2.24, 2.45) is 0 Å². The van der Waals surface area contributed by atoms with E-state index in [4.69, 9.17) is 9.47 Å². The molecule has 0 atom stereocenters. The summed E-state index contributed by atoms with van der Waals surface area (Å²) in [6.07, 6.45) is 6.96. The van der Waals surface area contributed by atoms with Gasteiger partial charge in [-0.25, -0.2) is 14.4 Å². The van der Waals surface area contributed by atoms with E-state index in [0.29, 0.717) is 35.0 Å². The Hall–Kier alpha value is -4.83. The van der Waals surface area contributed by atoms with Gasteiger partial charge in [0.2, 0.25) is 0 Å². The van der Waals surface area contributed by atoms with Crippen LogP contribution in [-0.4, -0.2) is 69.4 Å². The lowest BCUT2D eigenvalue weighted by atomic mass is 10.0. The number of halogens is 1. The van der Waals surface area contributed by atoms with E-state index in [-0.39, 0.29) is 5.82 Å². The van der Waals surface area contributed by atoms with Crippen molar-refractivity contribution in [1.29, 1.82) is 0 Å². The molecule has 39 heavy (non-hydrogen) atoms. The van der Waals surface area contributed by atoms with Crippen molar-refractivity contribution in [2.75, 3.05) is 34.4 Å². The highest BCUT2D eigenvalue weighted by atomic mass is 19.1. The van der Waals surface area contributed by atoms with Gasteiger partial charge in [0, 0.05) is 53.1 Å². The molecule has 6 rings (SSSR count). The van der Waals surface area contributed by atoms with Crippen LogP contribution >= 0.6 is 0 Å². The Morgan fingerprint density at radius 1 is 0.897 bits per heavy atom. The number of pyridine rings is 3. The normalized spacial score (nSPS) is 11.5. The summed E-state index contributed by atoms with van der Waals surface area (Å²) in [4.78, 5) is 18.8. The second kappa shape index (κ2) is 10.1. The van der Waals surface area contributed by atoms with Crippen LogP contribution in [0.1, 0.15) is 0 Å². The number of benzene rings is 1. The number of aromatic nitrogens is 6. The molecular weight excluding hydrogens is 497 g/mol. The molecule has 2 N–H and O–H groups in total. The summed E-state index contributed by atoms with van der Waals surface area (Å²) in [5.41, 5.74) is 6.12. The summed E-state index contributed by atoms with van der Waals surface area (Å²) in [6, 6.07) is 12.5. The summed E-state index contributed by atoms with van der Waals surface area (Å²) < 4.78 is 25.4. The smallest absolute Gasteiger partial charge is 0.181 e. The van der Waals surface area contributed by atoms with Crippen LogP contribution in [-0.2, 0) is 0 Å². The fourth-order valence-corrected chi connectivity index (χ4v) is 4.51. The van der Waals surface area contributed by atoms with E-state index >= 15 is 0 Å². The number of ether oxygens (including phenoxy) is 2. The molecule has 0 unspecified atom stereocenters. The molecule has 5 heterocycles. The minimum Gasteiger partial charge on any atom is -0.497 e. The minimum atomic E-state index is -0.370. The monoisotopic (exact) mass is 523 g/mol. The van der Waals surface area contributed by atoms with E-state index < -0.39 is 0 Å². The molecule has 0 fully saturated rings. The van der Waals surface area contributed by atoms with Crippen molar-refractivity contribution in [2.45, 2.75) is 0 Å². The van der Waals surface area contributed by atoms with Crippen LogP contribution in [0.15, 0.2) is 67.3 Å². The number of hydrogen-bond acceptors (Lipinski definition) is 7. The fraction of sp³-hybridized carbons (Fsp3) is 0.172. The summed E-state index contributed by atoms with van der Waals surface area (Å²) in [5, 5.41) is 9.20. The number of rotatable bonds is 8. The summed E-state index contributed by atoms with van der Waals surface area (Å²) >= 11 is 0. The number of nitrogens with one attached hydrogen (secondary N) is 2. The highest BCUT2D eigenvalue weighted by molar-refractivity contribution is 5.99. The van der Waals surface area contributed by atoms with Crippen LogP contribution in [0.25, 0.3) is 55.7 Å². The Kier molecular flexibility index (Phi) is 6.37. The van der Waals surface area contributed by atoms with Crippen LogP contribution in [0.3, 0.4) is 0 Å². The molecule has 0 radical (unpaired) electrons. The number of aromatic amines is 2. The van der Waals surface area contributed by atoms with Crippen molar-refractivity contribution >= 4 is 22.1 Å². The fourth-order valence-electron chi connectivity index (χ4n) is 4.51. The molecule has 196 valence electrons. The van der Waals surface area contributed by atoms with Gasteiger partial charge >= 0.3 is 0 Å². The Morgan fingerprint density at radius 3 is 2.59 bits per heavy atom. The first-order valence-electron chi connectivity index (χ1n) is 12.4. The first-order valence-corrected chi connectivity index (χ1v) is 12.4. The number of hydrogen-bond donors (Lipinski definition) is 2. The lowest BCUT2D eigenvalue weighted by Gasteiger charge is -2.11. The van der Waals surface area contributed by atoms with Gasteiger partial charge in [0.15, 0.2) is 5.65 Å². The average molecular weight is 524 g/mol. The molecule has 0 amide bonds. The van der Waals surface area contributed by atoms with Gasteiger partial charge in [-0.05, 0) is 61.6 Å². The van der Waals surface area contributed by atoms with Crippen molar-refractivity contribution in [3.05, 3.63) is 73.1 Å². The lowest BCUT2D eigenvalue weighted by molar-refractivity contribution is 0.261. The van der Waals surface area contributed by atoms with Gasteiger partial charge in [0.1, 0.15) is 29.6 Å². The Bertz CT molecular complexity index is 1790. The Labute approximate surface area is 223 Å². The predicted octanol–water partition coefficient (Wildman–Crippen LogP) is 5.32. The zero-order valence-corrected chi connectivity index (χ0v) is 21.7. The molecular formula is C29H26FN7O2. The minimum absolute atomic E-state index is 0.370. The molecule has 0 saturated heterocycles. The maximum atomic E-state index is 14.3. The van der Waals surface area contributed by atoms with Crippen LogP contribution < -0.4 is 9.47 Å². The van der Waals surface area contributed by atoms with E-state index in [1.165, 1.54) is 19.2 Å². The van der Waals surface area contributed by atoms with E-state index in [0.717, 1.165) is 45.4 Å². The van der Waals surface area contributed by atoms with E-state index in [1.54, 1.807) is 30.9 Å². The molecule has 10 heteroatoms. The van der Waals surface area contributed by atoms with Gasteiger partial charge in [-0.3, -0.25) is 10.1 Å². The van der Waals surface area contributed by atoms with E-state index in [9.17, 15) is 4.39 Å². The van der Waals surface area contributed by atoms with Gasteiger partial charge in [-0.2, -0.15) is 5.10 Å². The van der Waals surface area contributed by atoms with Gasteiger partial charge in [-0.1, -0.05) is 0 Å². The van der Waals surface area contributed by atoms with Crippen molar-refractivity contribution in [3.63, 3.8) is 0 Å². The second-order valence-electron chi connectivity index (χ2n) is 9.44. The van der Waals surface area contributed by atoms with Crippen LogP contribution in [0.5, 0.6) is 11.5 Å². The first kappa shape index (κ1) is 24.5. The molecule has 9 nitrogen and oxygen atoms in total. The molecule has 6 aromatic rings. The SMILES string of the molecule is COc1cc(F)cc(-c2ccnc3[nH]c(-c4[nH]nc5ncc(-c6cncc(OCCN(C)C)c6)cc45)cc23)c1. The van der Waals surface area contributed by atoms with E-state index in [1.807, 2.05) is 38.4 Å². The van der Waals surface area contributed by atoms with Crippen LogP contribution in [0.2, 0.25) is 0 Å². The van der Waals surface area contributed by atoms with Crippen molar-refractivity contribution in [3.8, 4) is 45.1 Å². The van der Waals surface area contributed by atoms with Crippen molar-refractivity contribution in [1.82, 2.24) is 35.0 Å². The maximum absolute atomic E-state index is 14.3. The van der Waals surface area contributed by atoms with E-state index in [2.05, 4.69) is 35.0 Å². The molecule has 0 saturated carbocycles. The molecule has 0 aliphatic carbocycles. The zero-order chi connectivity index (χ0) is 26.9. The summed E-state index contributed by atoms with van der Waals surface area (Å²) in [6.45, 7) is 1.38. The second-order valence-corrected chi connectivity index (χ2v) is 9.44. The zero-order valence-electron chi connectivity index (χ0n) is 21.7. The van der Waals surface area contributed by atoms with Crippen LogP contribution in [0.4, 0.5) is 4.39 Å². The number of likely N-dealkylation sites (N-methyl/N-ethyl adjacent to an activating group) is 1. The number of nitrogens with zero attached hydrogens (tertiary/aromatic N) is 5. The Balaban J connectivity index is 1.38. The maximum Gasteiger partial charge on any atom is 0.181 e. The van der Waals surface area contributed by atoms with Gasteiger partial charge in [-0.15, -0.1) is 0 Å². The molecule has 1 aromatic carbocycles. The topological polar surface area (TPSA) is 105 Å². The summed E-state index contributed by atoms with van der Waals surface area (Å²) in [5.74, 6) is 0.778. The third-order valence-corrected chi connectivity index (χ3v) is 6.48.